The molecule has 0 saturated heterocycles. The summed E-state index contributed by atoms with van der Waals surface area (Å²) in [5.74, 6) is 1.02. The summed E-state index contributed by atoms with van der Waals surface area (Å²) >= 11 is 0. The fourth-order valence-electron chi connectivity index (χ4n) is 1.51. The zero-order valence-electron chi connectivity index (χ0n) is 12.8. The van der Waals surface area contributed by atoms with Gasteiger partial charge in [0.2, 0.25) is 17.8 Å². The minimum Gasteiger partial charge on any atom is -0.403 e. The van der Waals surface area contributed by atoms with Gasteiger partial charge < -0.3 is 15.4 Å². The number of nitrogens with zero attached hydrogens (tertiary/aromatic N) is 4. The summed E-state index contributed by atoms with van der Waals surface area (Å²) < 4.78 is 5.45. The molecule has 0 fully saturated rings. The molecule has 9 heteroatoms. The van der Waals surface area contributed by atoms with E-state index in [-0.39, 0.29) is 23.5 Å². The van der Waals surface area contributed by atoms with E-state index >= 15 is 0 Å². The van der Waals surface area contributed by atoms with Crippen molar-refractivity contribution in [3.63, 3.8) is 0 Å². The average Bonchev–Trinajstić information content (AvgIpc) is 2.49. The van der Waals surface area contributed by atoms with E-state index in [4.69, 9.17) is 4.74 Å². The summed E-state index contributed by atoms with van der Waals surface area (Å²) in [5, 5.41) is 12.2. The maximum atomic E-state index is 11.0. The van der Waals surface area contributed by atoms with Crippen molar-refractivity contribution >= 4 is 11.9 Å². The predicted molar refractivity (Wildman–Crippen MR) is 82.3 cm³/mol. The van der Waals surface area contributed by atoms with Crippen LogP contribution in [0.3, 0.4) is 0 Å². The zero-order valence-corrected chi connectivity index (χ0v) is 12.8. The molecule has 1 atom stereocenters. The molecular formula is C13H19N7O2. The lowest BCUT2D eigenvalue weighted by Crippen LogP contribution is -2.17. The highest BCUT2D eigenvalue weighted by atomic mass is 16.5. The van der Waals surface area contributed by atoms with Crippen LogP contribution in [0.4, 0.5) is 11.9 Å². The Kier molecular flexibility index (Phi) is 5.23. The van der Waals surface area contributed by atoms with Gasteiger partial charge in [-0.05, 0) is 20.3 Å². The molecule has 9 nitrogen and oxygen atoms in total. The molecule has 0 bridgehead atoms. The molecule has 0 aliphatic carbocycles. The second kappa shape index (κ2) is 7.34. The minimum absolute atomic E-state index is 0.0938. The highest BCUT2D eigenvalue weighted by molar-refractivity contribution is 5.37. The molecular weight excluding hydrogens is 286 g/mol. The molecule has 0 unspecified atom stereocenters. The van der Waals surface area contributed by atoms with Gasteiger partial charge in [-0.1, -0.05) is 6.92 Å². The van der Waals surface area contributed by atoms with Gasteiger partial charge in [-0.3, -0.25) is 4.79 Å². The first kappa shape index (κ1) is 15.7. The number of nitrogens with one attached hydrogen (secondary N) is 3. The van der Waals surface area contributed by atoms with Crippen LogP contribution in [0.15, 0.2) is 16.9 Å². The summed E-state index contributed by atoms with van der Waals surface area (Å²) in [7, 11) is 0. The van der Waals surface area contributed by atoms with Crippen LogP contribution in [0.2, 0.25) is 0 Å². The maximum absolute atomic E-state index is 11.0. The van der Waals surface area contributed by atoms with E-state index in [1.165, 1.54) is 12.1 Å². The second-order valence-electron chi connectivity index (χ2n) is 4.61. The number of rotatable bonds is 7. The predicted octanol–water partition coefficient (Wildman–Crippen LogP) is 1.39. The van der Waals surface area contributed by atoms with Crippen molar-refractivity contribution in [2.24, 2.45) is 0 Å². The topological polar surface area (TPSA) is 118 Å². The van der Waals surface area contributed by atoms with Crippen LogP contribution in [0.1, 0.15) is 27.2 Å². The van der Waals surface area contributed by atoms with E-state index in [1.54, 1.807) is 0 Å². The fourth-order valence-corrected chi connectivity index (χ4v) is 1.51. The average molecular weight is 305 g/mol. The van der Waals surface area contributed by atoms with Gasteiger partial charge in [0.25, 0.3) is 5.56 Å². The van der Waals surface area contributed by atoms with Crippen molar-refractivity contribution in [1.29, 1.82) is 0 Å². The molecule has 0 spiro atoms. The number of anilines is 2. The number of H-pyrrole nitrogens is 1. The SMILES string of the molecule is CCNc1nc(N[C@H](C)CC)nc(Oc2ccc(=O)[nH]n2)n1. The molecule has 0 aliphatic rings. The third kappa shape index (κ3) is 4.40. The van der Waals surface area contributed by atoms with E-state index in [2.05, 4.69) is 42.7 Å². The fraction of sp³-hybridized carbons (Fsp3) is 0.462. The number of aromatic amines is 1. The molecule has 0 aromatic carbocycles. The summed E-state index contributed by atoms with van der Waals surface area (Å²) in [6.45, 7) is 6.70. The van der Waals surface area contributed by atoms with Gasteiger partial charge in [-0.25, -0.2) is 5.10 Å². The van der Waals surface area contributed by atoms with Crippen molar-refractivity contribution in [1.82, 2.24) is 25.1 Å². The van der Waals surface area contributed by atoms with Gasteiger partial charge in [-0.15, -0.1) is 5.10 Å². The number of hydrogen-bond donors (Lipinski definition) is 3. The molecule has 0 aliphatic heterocycles. The third-order valence-electron chi connectivity index (χ3n) is 2.79. The maximum Gasteiger partial charge on any atom is 0.330 e. The number of hydrogen-bond acceptors (Lipinski definition) is 8. The van der Waals surface area contributed by atoms with Crippen LogP contribution < -0.4 is 20.9 Å². The first-order valence-corrected chi connectivity index (χ1v) is 7.10. The normalized spacial score (nSPS) is 11.8. The van der Waals surface area contributed by atoms with E-state index in [0.717, 1.165) is 6.42 Å². The monoisotopic (exact) mass is 305 g/mol. The van der Waals surface area contributed by atoms with Gasteiger partial charge in [0.1, 0.15) is 0 Å². The lowest BCUT2D eigenvalue weighted by atomic mass is 10.3. The van der Waals surface area contributed by atoms with Crippen molar-refractivity contribution in [2.75, 3.05) is 17.2 Å². The van der Waals surface area contributed by atoms with Gasteiger partial charge in [0.05, 0.1) is 0 Å². The van der Waals surface area contributed by atoms with Gasteiger partial charge in [0.15, 0.2) is 0 Å². The Morgan fingerprint density at radius 2 is 2.00 bits per heavy atom. The van der Waals surface area contributed by atoms with Crippen LogP contribution in [-0.2, 0) is 0 Å². The quantitative estimate of drug-likeness (QED) is 0.702. The zero-order chi connectivity index (χ0) is 15.9. The Balaban J connectivity index is 2.24. The first-order valence-electron chi connectivity index (χ1n) is 7.10. The molecule has 2 aromatic rings. The smallest absolute Gasteiger partial charge is 0.330 e. The Labute approximate surface area is 127 Å². The summed E-state index contributed by atoms with van der Waals surface area (Å²) in [4.78, 5) is 23.6. The highest BCUT2D eigenvalue weighted by Gasteiger charge is 2.10. The Hall–Kier alpha value is -2.71. The van der Waals surface area contributed by atoms with E-state index in [9.17, 15) is 4.79 Å². The van der Waals surface area contributed by atoms with E-state index in [0.29, 0.717) is 18.4 Å². The van der Waals surface area contributed by atoms with Crippen LogP contribution in [0.5, 0.6) is 11.9 Å². The standard InChI is InChI=1S/C13H19N7O2/c1-4-8(3)15-12-16-11(14-5-2)17-13(18-12)22-10-7-6-9(21)19-20-10/h6-8H,4-5H2,1-3H3,(H,19,21)(H2,14,15,16,17,18)/t8-/m1/s1. The van der Waals surface area contributed by atoms with Gasteiger partial charge in [0, 0.05) is 24.7 Å². The minimum atomic E-state index is -0.310. The largest absolute Gasteiger partial charge is 0.403 e. The Bertz CT molecular complexity index is 653. The molecule has 2 aromatic heterocycles. The lowest BCUT2D eigenvalue weighted by Gasteiger charge is -2.13. The summed E-state index contributed by atoms with van der Waals surface area (Å²) in [5.41, 5.74) is -0.310. The molecule has 22 heavy (non-hydrogen) atoms. The van der Waals surface area contributed by atoms with Crippen molar-refractivity contribution in [3.05, 3.63) is 22.5 Å². The molecule has 2 heterocycles. The molecule has 0 radical (unpaired) electrons. The Morgan fingerprint density at radius 3 is 2.64 bits per heavy atom. The van der Waals surface area contributed by atoms with Gasteiger partial charge in [-0.2, -0.15) is 15.0 Å². The van der Waals surface area contributed by atoms with Crippen molar-refractivity contribution < 1.29 is 4.74 Å². The molecule has 2 rings (SSSR count). The molecule has 3 N–H and O–H groups in total. The summed E-state index contributed by atoms with van der Waals surface area (Å²) in [6, 6.07) is 3.07. The molecule has 0 saturated carbocycles. The lowest BCUT2D eigenvalue weighted by molar-refractivity contribution is 0.417. The van der Waals surface area contributed by atoms with E-state index < -0.39 is 0 Å². The summed E-state index contributed by atoms with van der Waals surface area (Å²) in [6.07, 6.45) is 0.930. The van der Waals surface area contributed by atoms with Gasteiger partial charge >= 0.3 is 6.01 Å². The number of aromatic nitrogens is 5. The van der Waals surface area contributed by atoms with E-state index in [1.807, 2.05) is 13.8 Å². The third-order valence-corrected chi connectivity index (χ3v) is 2.79. The van der Waals surface area contributed by atoms with Crippen LogP contribution in [-0.4, -0.2) is 37.7 Å². The van der Waals surface area contributed by atoms with Crippen molar-refractivity contribution in [3.8, 4) is 11.9 Å². The Morgan fingerprint density at radius 1 is 1.23 bits per heavy atom. The molecule has 118 valence electrons. The first-order chi connectivity index (χ1) is 10.6. The van der Waals surface area contributed by atoms with Crippen LogP contribution >= 0.6 is 0 Å². The number of ether oxygens (including phenoxy) is 1. The second-order valence-corrected chi connectivity index (χ2v) is 4.61. The molecule has 0 amide bonds. The van der Waals surface area contributed by atoms with Crippen molar-refractivity contribution in [2.45, 2.75) is 33.2 Å². The highest BCUT2D eigenvalue weighted by Crippen LogP contribution is 2.17. The van der Waals surface area contributed by atoms with Crippen LogP contribution in [0.25, 0.3) is 0 Å². The van der Waals surface area contributed by atoms with Crippen LogP contribution in [0, 0.1) is 0 Å².